The predicted octanol–water partition coefficient (Wildman–Crippen LogP) is 22.9. The number of aromatic nitrogens is 2. The number of rotatable bonds is 5. The average Bonchev–Trinajstić information content (AvgIpc) is 1.67. The monoisotopic (exact) mass is 1750 g/mol. The van der Waals surface area contributed by atoms with E-state index in [0.29, 0.717) is 80.0 Å². The summed E-state index contributed by atoms with van der Waals surface area (Å²) in [7, 11) is 9.19. The summed E-state index contributed by atoms with van der Waals surface area (Å²) in [5.74, 6) is -1.43. The Morgan fingerprint density at radius 1 is 0.383 bits per heavy atom. The number of halogens is 4. The molecule has 1 amide bonds. The maximum Gasteiger partial charge on any atom is 0.337 e. The second-order valence-corrected chi connectivity index (χ2v) is 32.6. The predicted molar refractivity (Wildman–Crippen MR) is 468 cm³/mol. The average molecular weight is 1750 g/mol. The highest BCUT2D eigenvalue weighted by Crippen LogP contribution is 2.43. The molecule has 0 aliphatic heterocycles. The van der Waals surface area contributed by atoms with Crippen LogP contribution in [-0.4, -0.2) is 67.7 Å². The fourth-order valence-corrected chi connectivity index (χ4v) is 20.7. The number of hydrogen-bond donors (Lipinski definition) is 0. The third kappa shape index (κ3) is 14.1. The Hall–Kier alpha value is -8.92. The van der Waals surface area contributed by atoms with E-state index >= 15 is 0 Å². The zero-order valence-electron chi connectivity index (χ0n) is 56.6. The van der Waals surface area contributed by atoms with Crippen molar-refractivity contribution in [2.24, 2.45) is 14.1 Å². The summed E-state index contributed by atoms with van der Waals surface area (Å²) in [6, 6.07) is 46.2. The fourth-order valence-electron chi connectivity index (χ4n) is 12.8. The van der Waals surface area contributed by atoms with Crippen LogP contribution in [0.15, 0.2) is 189 Å². The third-order valence-electron chi connectivity index (χ3n) is 17.8. The molecule has 8 aromatic heterocycles. The molecule has 17 rings (SSSR count). The number of ether oxygens (including phenoxy) is 3. The van der Waals surface area contributed by atoms with E-state index in [1.54, 1.807) is 112 Å². The van der Waals surface area contributed by atoms with Gasteiger partial charge < -0.3 is 28.2 Å². The van der Waals surface area contributed by atoms with Crippen molar-refractivity contribution in [3.8, 4) is 0 Å². The van der Waals surface area contributed by atoms with Crippen molar-refractivity contribution < 1.29 is 33.4 Å². The molecule has 0 spiro atoms. The molecule has 17 aromatic rings. The Bertz CT molecular complexity index is 6880. The molecular weight excluding hydrogens is 1690 g/mol. The first kappa shape index (κ1) is 80.6. The topological polar surface area (TPSA) is 194 Å². The van der Waals surface area contributed by atoms with E-state index in [4.69, 9.17) is 14.2 Å². The lowest BCUT2D eigenvalue weighted by atomic mass is 10.0. The van der Waals surface area contributed by atoms with E-state index in [2.05, 4.69) is 59.4 Å². The minimum atomic E-state index is -0.432. The van der Waals surface area contributed by atoms with Crippen LogP contribution in [0, 0.1) is 6.92 Å². The maximum atomic E-state index is 13.8. The Balaban J connectivity index is 0.000000165. The van der Waals surface area contributed by atoms with Gasteiger partial charge in [0, 0.05) is 154 Å². The quantitative estimate of drug-likeness (QED) is 0.0521. The van der Waals surface area contributed by atoms with Gasteiger partial charge in [-0.3, -0.25) is 28.8 Å². The molecule has 0 saturated heterocycles. The first-order valence-electron chi connectivity index (χ1n) is 31.7. The molecule has 546 valence electrons. The first-order chi connectivity index (χ1) is 50.0. The molecule has 107 heavy (non-hydrogen) atoms. The van der Waals surface area contributed by atoms with Crippen LogP contribution in [0.25, 0.3) is 133 Å². The van der Waals surface area contributed by atoms with Crippen LogP contribution < -0.4 is 32.3 Å². The Labute approximate surface area is 666 Å². The highest BCUT2D eigenvalue weighted by molar-refractivity contribution is 9.11. The smallest absolute Gasteiger partial charge is 0.337 e. The number of amides is 1. The van der Waals surface area contributed by atoms with Crippen molar-refractivity contribution in [3.05, 3.63) is 244 Å². The zero-order valence-corrected chi connectivity index (χ0v) is 67.0. The number of alkyl halides is 1. The van der Waals surface area contributed by atoms with E-state index in [1.807, 2.05) is 130 Å². The number of carbonyl (C=O) groups excluding carboxylic acids is 4. The number of nitrogens with zero attached hydrogens (tertiary/aromatic N) is 3. The van der Waals surface area contributed by atoms with Gasteiger partial charge >= 0.3 is 17.9 Å². The van der Waals surface area contributed by atoms with Crippen LogP contribution in [0.1, 0.15) is 82.4 Å². The summed E-state index contributed by atoms with van der Waals surface area (Å²) in [6.07, 6.45) is 1.47. The van der Waals surface area contributed by atoms with E-state index in [0.717, 1.165) is 99.0 Å². The summed E-state index contributed by atoms with van der Waals surface area (Å²) in [5.41, 5.74) is 3.80. The molecule has 0 radical (unpaired) electrons. The van der Waals surface area contributed by atoms with Crippen molar-refractivity contribution in [2.45, 2.75) is 43.1 Å². The molecule has 0 unspecified atom stereocenters. The molecule has 0 aliphatic carbocycles. The molecule has 8 heterocycles. The van der Waals surface area contributed by atoms with Gasteiger partial charge in [0.05, 0.1) is 53.9 Å². The SMILES string of the molecule is C.C.C.CC.CCl.COC(=O)c1ccc2c(C)c(C(=O)N(C)c3ccc4sc5ccc(Br)cc5c(=O)c4c3)sc2c1.COC(=O)c1ccc2c(c1)sc1c(=O)n(C)c3cc4c(=O)c5cc(Br)ccc5sc4cc3c12.COC(=O)c1ccc2c(c1)sc1c(=O)n(C)c3ccc4sc5ccc(Br)cc5c(=O)c4c3c12. The maximum absolute atomic E-state index is 13.8. The van der Waals surface area contributed by atoms with Crippen LogP contribution in [0.5, 0.6) is 0 Å². The Kier molecular flexibility index (Phi) is 24.5. The Morgan fingerprint density at radius 3 is 1.26 bits per heavy atom. The largest absolute Gasteiger partial charge is 0.465 e. The van der Waals surface area contributed by atoms with E-state index < -0.39 is 17.9 Å². The molecule has 0 atom stereocenters. The second kappa shape index (κ2) is 32.5. The number of hydrogen-bond acceptors (Lipinski definition) is 18. The number of fused-ring (bicyclic) bond motifs is 18. The van der Waals surface area contributed by atoms with E-state index in [-0.39, 0.29) is 55.6 Å². The normalized spacial score (nSPS) is 11.0. The minimum absolute atomic E-state index is 0. The number of methoxy groups -OCH3 is 3. The van der Waals surface area contributed by atoms with Gasteiger partial charge in [-0.05, 0) is 151 Å². The lowest BCUT2D eigenvalue weighted by Crippen LogP contribution is -2.26. The van der Waals surface area contributed by atoms with Gasteiger partial charge in [-0.1, -0.05) is 102 Å². The van der Waals surface area contributed by atoms with Crippen LogP contribution in [0.3, 0.4) is 0 Å². The number of pyridine rings is 2. The lowest BCUT2D eigenvalue weighted by Gasteiger charge is -2.17. The molecule has 15 nitrogen and oxygen atoms in total. The summed E-state index contributed by atoms with van der Waals surface area (Å²) in [5, 5.41) is 9.70. The first-order valence-corrected chi connectivity index (χ1v) is 39.8. The van der Waals surface area contributed by atoms with Gasteiger partial charge in [-0.2, -0.15) is 0 Å². The number of aryl methyl sites for hydroxylation is 3. The number of anilines is 1. The van der Waals surface area contributed by atoms with Gasteiger partial charge in [0.1, 0.15) is 9.40 Å². The number of benzene rings is 9. The zero-order chi connectivity index (χ0) is 74.2. The molecule has 25 heteroatoms. The lowest BCUT2D eigenvalue weighted by molar-refractivity contribution is 0.0592. The van der Waals surface area contributed by atoms with Gasteiger partial charge in [0.2, 0.25) is 0 Å². The van der Waals surface area contributed by atoms with Crippen molar-refractivity contribution in [2.75, 3.05) is 39.7 Å². The van der Waals surface area contributed by atoms with E-state index in [1.165, 1.54) is 61.7 Å². The van der Waals surface area contributed by atoms with Crippen molar-refractivity contribution >= 4 is 290 Å². The summed E-state index contributed by atoms with van der Waals surface area (Å²) in [6.45, 7) is 5.90. The molecule has 9 aromatic carbocycles. The van der Waals surface area contributed by atoms with Crippen LogP contribution >= 0.6 is 127 Å². The summed E-state index contributed by atoms with van der Waals surface area (Å²) >= 11 is 23.7. The van der Waals surface area contributed by atoms with Crippen molar-refractivity contribution in [3.63, 3.8) is 0 Å². The van der Waals surface area contributed by atoms with Gasteiger partial charge in [0.15, 0.2) is 16.3 Å². The number of thiophene rings is 3. The van der Waals surface area contributed by atoms with Crippen LogP contribution in [-0.2, 0) is 28.3 Å². The molecule has 0 bridgehead atoms. The van der Waals surface area contributed by atoms with Gasteiger partial charge in [0.25, 0.3) is 17.0 Å². The number of esters is 3. The summed E-state index contributed by atoms with van der Waals surface area (Å²) in [4.78, 5) is 118. The standard InChI is InChI=1S/C26H18BrNO4S2.2C25H14BrNO4S2.C2H6.CH3Cl.3CH4/c1-13-17-7-4-14(26(31)32-3)10-22(17)34-24(13)25(30)28(2)16-6-9-21-19(12-16)23(29)18-11-15(27)5-8-20(18)33-21;1-27-15-6-8-17-21(22(28)14-10-12(26)4-7-16(14)32-17)20(15)19-13-5-3-11(25(30)31-2)9-18(13)33-23(19)24(27)29;1-27-17-9-16-20(32-18-6-4-12(26)8-15(18)22(16)28)10-14(17)21-13-5-3-11(25(30)31-2)7-19(13)33-23(21)24(27)29;2*1-2;;;/h4-12H,1-3H3;2*3-10H,1-2H3;1-2H3;1H3;3*1H4. The molecular formula is C82H67Br3ClN3O12S6. The molecule has 0 N–H and O–H groups in total. The van der Waals surface area contributed by atoms with Crippen molar-refractivity contribution in [1.29, 1.82) is 0 Å². The molecule has 0 fully saturated rings. The van der Waals surface area contributed by atoms with Crippen LogP contribution in [0.2, 0.25) is 0 Å². The third-order valence-corrected chi connectivity index (χ3v) is 26.3. The summed E-state index contributed by atoms with van der Waals surface area (Å²) < 4.78 is 29.3. The molecule has 0 saturated carbocycles. The van der Waals surface area contributed by atoms with E-state index in [9.17, 15) is 43.2 Å². The highest BCUT2D eigenvalue weighted by Gasteiger charge is 2.25. The highest BCUT2D eigenvalue weighted by atomic mass is 79.9. The second-order valence-electron chi connectivity index (χ2n) is 23.5. The van der Waals surface area contributed by atoms with Gasteiger partial charge in [-0.25, -0.2) is 14.4 Å². The van der Waals surface area contributed by atoms with Crippen LogP contribution in [0.4, 0.5) is 5.69 Å². The fraction of sp³-hybridized carbons (Fsp3) is 0.159. The molecule has 0 aliphatic rings. The Morgan fingerprint density at radius 2 is 0.766 bits per heavy atom. The van der Waals surface area contributed by atoms with Gasteiger partial charge in [-0.15, -0.1) is 79.6 Å². The van der Waals surface area contributed by atoms with Crippen molar-refractivity contribution in [1.82, 2.24) is 9.13 Å². The minimum Gasteiger partial charge on any atom is -0.465 e. The number of carbonyl (C=O) groups is 4.